The fourth-order valence-corrected chi connectivity index (χ4v) is 1.66. The minimum Gasteiger partial charge on any atom is -0.390 e. The van der Waals surface area contributed by atoms with Gasteiger partial charge < -0.3 is 9.51 Å². The number of aromatic nitrogens is 2. The van der Waals surface area contributed by atoms with Gasteiger partial charge in [0.25, 0.3) is 0 Å². The van der Waals surface area contributed by atoms with Crippen LogP contribution in [0.5, 0.6) is 0 Å². The van der Waals surface area contributed by atoms with Crippen LogP contribution in [0.15, 0.2) is 22.8 Å². The summed E-state index contributed by atoms with van der Waals surface area (Å²) in [6.45, 7) is 1.94. The maximum atomic E-state index is 9.00. The van der Waals surface area contributed by atoms with Crippen LogP contribution < -0.4 is 0 Å². The van der Waals surface area contributed by atoms with E-state index in [2.05, 4.69) is 20.9 Å². The molecule has 4 heteroatoms. The standard InChI is InChI=1S/C9H9BrN2O/c1-6-8(5-13)11-9-4-7(10)2-3-12(6)9/h2-4,13H,5H2,1H3. The van der Waals surface area contributed by atoms with Gasteiger partial charge in [-0.15, -0.1) is 0 Å². The molecule has 0 aliphatic rings. The lowest BCUT2D eigenvalue weighted by Crippen LogP contribution is -1.88. The third-order valence-corrected chi connectivity index (χ3v) is 2.57. The van der Waals surface area contributed by atoms with E-state index in [0.29, 0.717) is 0 Å². The molecule has 2 heterocycles. The molecule has 0 amide bonds. The lowest BCUT2D eigenvalue weighted by atomic mass is 10.4. The van der Waals surface area contributed by atoms with Crippen LogP contribution in [0.4, 0.5) is 0 Å². The van der Waals surface area contributed by atoms with Crippen molar-refractivity contribution in [2.75, 3.05) is 0 Å². The van der Waals surface area contributed by atoms with E-state index in [1.807, 2.05) is 29.7 Å². The molecule has 0 aliphatic carbocycles. The molecule has 2 aromatic heterocycles. The average Bonchev–Trinajstić information content (AvgIpc) is 2.42. The number of nitrogens with zero attached hydrogens (tertiary/aromatic N) is 2. The minimum atomic E-state index is -0.00880. The molecule has 0 aromatic carbocycles. The summed E-state index contributed by atoms with van der Waals surface area (Å²) in [5, 5.41) is 9.00. The molecule has 3 nitrogen and oxygen atoms in total. The Morgan fingerprint density at radius 2 is 2.38 bits per heavy atom. The van der Waals surface area contributed by atoms with Gasteiger partial charge in [-0.25, -0.2) is 4.98 Å². The molecule has 0 fully saturated rings. The summed E-state index contributed by atoms with van der Waals surface area (Å²) < 4.78 is 2.95. The third kappa shape index (κ3) is 1.36. The largest absolute Gasteiger partial charge is 0.390 e. The zero-order valence-corrected chi connectivity index (χ0v) is 8.74. The number of imidazole rings is 1. The van der Waals surface area contributed by atoms with Crippen molar-refractivity contribution < 1.29 is 5.11 Å². The van der Waals surface area contributed by atoms with Gasteiger partial charge in [0.15, 0.2) is 0 Å². The van der Waals surface area contributed by atoms with Gasteiger partial charge in [-0.1, -0.05) is 15.9 Å². The first-order valence-electron chi connectivity index (χ1n) is 3.96. The monoisotopic (exact) mass is 240 g/mol. The molecule has 0 radical (unpaired) electrons. The SMILES string of the molecule is Cc1c(CO)nc2cc(Br)ccn12. The fraction of sp³-hybridized carbons (Fsp3) is 0.222. The van der Waals surface area contributed by atoms with E-state index < -0.39 is 0 Å². The van der Waals surface area contributed by atoms with E-state index in [1.165, 1.54) is 0 Å². The molecule has 13 heavy (non-hydrogen) atoms. The van der Waals surface area contributed by atoms with Gasteiger partial charge in [0.05, 0.1) is 12.3 Å². The smallest absolute Gasteiger partial charge is 0.138 e. The maximum Gasteiger partial charge on any atom is 0.138 e. The normalized spacial score (nSPS) is 11.0. The second-order valence-electron chi connectivity index (χ2n) is 2.88. The van der Waals surface area contributed by atoms with Crippen molar-refractivity contribution in [1.82, 2.24) is 9.38 Å². The highest BCUT2D eigenvalue weighted by atomic mass is 79.9. The number of hydrogen-bond acceptors (Lipinski definition) is 2. The van der Waals surface area contributed by atoms with Gasteiger partial charge in [0, 0.05) is 16.4 Å². The lowest BCUT2D eigenvalue weighted by Gasteiger charge is -1.95. The van der Waals surface area contributed by atoms with Crippen LogP contribution in [0.1, 0.15) is 11.4 Å². The van der Waals surface area contributed by atoms with Gasteiger partial charge in [0.1, 0.15) is 5.65 Å². The molecule has 0 unspecified atom stereocenters. The molecule has 0 atom stereocenters. The first-order chi connectivity index (χ1) is 6.22. The van der Waals surface area contributed by atoms with Crippen molar-refractivity contribution in [3.05, 3.63) is 34.2 Å². The third-order valence-electron chi connectivity index (χ3n) is 2.07. The summed E-state index contributed by atoms with van der Waals surface area (Å²) in [5.41, 5.74) is 2.58. The quantitative estimate of drug-likeness (QED) is 0.827. The van der Waals surface area contributed by atoms with E-state index in [1.54, 1.807) is 0 Å². The van der Waals surface area contributed by atoms with E-state index >= 15 is 0 Å². The van der Waals surface area contributed by atoms with E-state index in [0.717, 1.165) is 21.5 Å². The fourth-order valence-electron chi connectivity index (χ4n) is 1.34. The highest BCUT2D eigenvalue weighted by Gasteiger charge is 2.06. The predicted octanol–water partition coefficient (Wildman–Crippen LogP) is 1.90. The Hall–Kier alpha value is -0.870. The minimum absolute atomic E-state index is 0.00880. The van der Waals surface area contributed by atoms with Crippen molar-refractivity contribution in [2.45, 2.75) is 13.5 Å². The second-order valence-corrected chi connectivity index (χ2v) is 3.79. The average molecular weight is 241 g/mol. The lowest BCUT2D eigenvalue weighted by molar-refractivity contribution is 0.276. The number of rotatable bonds is 1. The molecule has 0 spiro atoms. The number of halogens is 1. The van der Waals surface area contributed by atoms with Gasteiger partial charge in [0.2, 0.25) is 0 Å². The number of fused-ring (bicyclic) bond motifs is 1. The van der Waals surface area contributed by atoms with Crippen molar-refractivity contribution in [2.24, 2.45) is 0 Å². The number of hydrogen-bond donors (Lipinski definition) is 1. The summed E-state index contributed by atoms with van der Waals surface area (Å²) in [7, 11) is 0. The molecular formula is C9H9BrN2O. The van der Waals surface area contributed by atoms with Crippen LogP contribution in [0.25, 0.3) is 5.65 Å². The summed E-state index contributed by atoms with van der Waals surface area (Å²) >= 11 is 3.37. The van der Waals surface area contributed by atoms with Gasteiger partial charge in [-0.3, -0.25) is 0 Å². The Balaban J connectivity index is 2.76. The molecule has 2 rings (SSSR count). The summed E-state index contributed by atoms with van der Waals surface area (Å²) in [4.78, 5) is 4.27. The Labute approximate surface area is 84.2 Å². The zero-order chi connectivity index (χ0) is 9.42. The predicted molar refractivity (Wildman–Crippen MR) is 53.6 cm³/mol. The topological polar surface area (TPSA) is 37.5 Å². The Morgan fingerprint density at radius 3 is 3.08 bits per heavy atom. The van der Waals surface area contributed by atoms with Crippen molar-refractivity contribution in [1.29, 1.82) is 0 Å². The van der Waals surface area contributed by atoms with Gasteiger partial charge in [-0.2, -0.15) is 0 Å². The number of pyridine rings is 1. The Morgan fingerprint density at radius 1 is 1.62 bits per heavy atom. The maximum absolute atomic E-state index is 9.00. The molecule has 68 valence electrons. The van der Waals surface area contributed by atoms with Crippen LogP contribution in [0.3, 0.4) is 0 Å². The van der Waals surface area contributed by atoms with Crippen LogP contribution in [0, 0.1) is 6.92 Å². The molecule has 0 aliphatic heterocycles. The molecule has 0 saturated carbocycles. The Bertz CT molecular complexity index is 450. The summed E-state index contributed by atoms with van der Waals surface area (Å²) in [6, 6.07) is 3.87. The Kier molecular flexibility index (Phi) is 2.09. The molecule has 0 saturated heterocycles. The number of aliphatic hydroxyl groups excluding tert-OH is 1. The van der Waals surface area contributed by atoms with Crippen molar-refractivity contribution in [3.8, 4) is 0 Å². The first kappa shape index (κ1) is 8.72. The first-order valence-corrected chi connectivity index (χ1v) is 4.75. The van der Waals surface area contributed by atoms with E-state index in [4.69, 9.17) is 5.11 Å². The van der Waals surface area contributed by atoms with E-state index in [-0.39, 0.29) is 6.61 Å². The van der Waals surface area contributed by atoms with Crippen molar-refractivity contribution in [3.63, 3.8) is 0 Å². The second kappa shape index (κ2) is 3.12. The van der Waals surface area contributed by atoms with Crippen LogP contribution in [-0.2, 0) is 6.61 Å². The van der Waals surface area contributed by atoms with Crippen molar-refractivity contribution >= 4 is 21.6 Å². The number of aliphatic hydroxyl groups is 1. The van der Waals surface area contributed by atoms with Crippen LogP contribution in [-0.4, -0.2) is 14.5 Å². The summed E-state index contributed by atoms with van der Waals surface area (Å²) in [5.74, 6) is 0. The molecule has 0 bridgehead atoms. The highest BCUT2D eigenvalue weighted by Crippen LogP contribution is 2.16. The number of aryl methyl sites for hydroxylation is 1. The molecule has 2 aromatic rings. The van der Waals surface area contributed by atoms with Crippen LogP contribution in [0.2, 0.25) is 0 Å². The van der Waals surface area contributed by atoms with Crippen LogP contribution >= 0.6 is 15.9 Å². The zero-order valence-electron chi connectivity index (χ0n) is 7.16. The van der Waals surface area contributed by atoms with Gasteiger partial charge in [-0.05, 0) is 19.1 Å². The summed E-state index contributed by atoms with van der Waals surface area (Å²) in [6.07, 6.45) is 1.93. The van der Waals surface area contributed by atoms with E-state index in [9.17, 15) is 0 Å². The van der Waals surface area contributed by atoms with Gasteiger partial charge >= 0.3 is 0 Å². The highest BCUT2D eigenvalue weighted by molar-refractivity contribution is 9.10. The molecular weight excluding hydrogens is 232 g/mol. The molecule has 1 N–H and O–H groups in total.